The van der Waals surface area contributed by atoms with Gasteiger partial charge in [-0.05, 0) is 104 Å². The number of allylic oxidation sites excluding steroid dienone is 8. The van der Waals surface area contributed by atoms with Crippen molar-refractivity contribution in [3.8, 4) is 0 Å². The van der Waals surface area contributed by atoms with Crippen molar-refractivity contribution >= 4 is 0 Å². The fourth-order valence-electron chi connectivity index (χ4n) is 7.21. The molecule has 290 valence electrons. The molecule has 3 nitrogen and oxygen atoms in total. The third kappa shape index (κ3) is 22.0. The molecule has 1 saturated heterocycles. The summed E-state index contributed by atoms with van der Waals surface area (Å²) in [5.41, 5.74) is 2.45. The summed E-state index contributed by atoms with van der Waals surface area (Å²) in [6.45, 7) is 7.60. The Morgan fingerprint density at radius 1 is 0.490 bits per heavy atom. The van der Waals surface area contributed by atoms with Crippen molar-refractivity contribution in [1.82, 2.24) is 4.90 Å². The summed E-state index contributed by atoms with van der Waals surface area (Å²) in [6, 6.07) is 8.84. The van der Waals surface area contributed by atoms with Gasteiger partial charge in [-0.25, -0.2) is 0 Å². The smallest absolute Gasteiger partial charge is 0.198 e. The Morgan fingerprint density at radius 2 is 0.863 bits per heavy atom. The van der Waals surface area contributed by atoms with Crippen LogP contribution in [0.15, 0.2) is 72.9 Å². The second-order valence-electron chi connectivity index (χ2n) is 15.7. The largest absolute Gasteiger partial charge is 0.314 e. The Balaban J connectivity index is 1.66. The predicted molar refractivity (Wildman–Crippen MR) is 224 cm³/mol. The molecular weight excluding hydrogens is 623 g/mol. The number of nitrogens with zero attached hydrogens (tertiary/aromatic N) is 1. The molecule has 1 aliphatic heterocycles. The van der Waals surface area contributed by atoms with E-state index in [1.807, 2.05) is 0 Å². The zero-order valence-corrected chi connectivity index (χ0v) is 34.3. The average molecular weight is 704 g/mol. The highest BCUT2D eigenvalue weighted by Gasteiger charge is 2.54. The molecule has 0 N–H and O–H groups in total. The van der Waals surface area contributed by atoms with Crippen LogP contribution >= 0.6 is 0 Å². The average Bonchev–Trinajstić information content (AvgIpc) is 3.10. The summed E-state index contributed by atoms with van der Waals surface area (Å²) in [5, 5.41) is 0. The maximum absolute atomic E-state index is 6.81. The monoisotopic (exact) mass is 704 g/mol. The number of rotatable bonds is 33. The minimum Gasteiger partial charge on any atom is -0.314 e. The molecule has 51 heavy (non-hydrogen) atoms. The molecule has 0 unspecified atom stereocenters. The van der Waals surface area contributed by atoms with E-state index in [1.165, 1.54) is 147 Å². The number of unbranched alkanes of at least 4 members (excludes halogenated alkanes) is 18. The summed E-state index contributed by atoms with van der Waals surface area (Å²) in [4.78, 5) is 2.21. The molecular formula is C48H81NO2. The maximum atomic E-state index is 6.81. The molecule has 0 aromatic heterocycles. The van der Waals surface area contributed by atoms with Gasteiger partial charge in [-0.3, -0.25) is 0 Å². The van der Waals surface area contributed by atoms with Gasteiger partial charge in [-0.15, -0.1) is 0 Å². The molecule has 0 atom stereocenters. The second kappa shape index (κ2) is 29.5. The number of benzene rings is 1. The molecule has 0 amide bonds. The van der Waals surface area contributed by atoms with Crippen LogP contribution in [0.1, 0.15) is 199 Å². The first-order valence-corrected chi connectivity index (χ1v) is 21.7. The van der Waals surface area contributed by atoms with Crippen molar-refractivity contribution in [3.63, 3.8) is 0 Å². The third-order valence-corrected chi connectivity index (χ3v) is 10.3. The minimum absolute atomic E-state index is 0.415. The van der Waals surface area contributed by atoms with Crippen LogP contribution in [0.5, 0.6) is 0 Å². The van der Waals surface area contributed by atoms with Crippen LogP contribution in [0.4, 0.5) is 0 Å². The second-order valence-corrected chi connectivity index (χ2v) is 15.7. The molecule has 1 heterocycles. The minimum atomic E-state index is -0.632. The van der Waals surface area contributed by atoms with Gasteiger partial charge in [-0.2, -0.15) is 0 Å². The molecule has 1 aromatic rings. The van der Waals surface area contributed by atoms with Gasteiger partial charge in [0.05, 0.1) is 0 Å². The van der Waals surface area contributed by atoms with E-state index in [0.29, 0.717) is 0 Å². The van der Waals surface area contributed by atoms with Crippen molar-refractivity contribution in [3.05, 3.63) is 84.0 Å². The first-order chi connectivity index (χ1) is 24.9. The standard InChI is InChI=1S/C48H81NO2/c1-6-8-10-12-14-16-18-20-22-24-26-28-30-32-34-36-42-48(50-47(3,51-48)46-40-38-45(39-41-46)44-49(4)5)43-37-35-33-31-29-27-25-23-21-19-17-15-13-11-9-7-2/h14-17,20-23,38-41H,6-13,18-19,24-37,42-44H2,1-5H3/b16-14-,17-15-,22-20-,23-21-. The Morgan fingerprint density at radius 3 is 1.25 bits per heavy atom. The zero-order chi connectivity index (χ0) is 36.7. The molecule has 1 aliphatic rings. The van der Waals surface area contributed by atoms with Crippen LogP contribution in [0.3, 0.4) is 0 Å². The maximum Gasteiger partial charge on any atom is 0.198 e. The Labute approximate surface area is 317 Å². The van der Waals surface area contributed by atoms with Gasteiger partial charge in [-0.1, -0.05) is 164 Å². The Kier molecular flexibility index (Phi) is 26.2. The van der Waals surface area contributed by atoms with Gasteiger partial charge >= 0.3 is 0 Å². The fourth-order valence-corrected chi connectivity index (χ4v) is 7.21. The van der Waals surface area contributed by atoms with Gasteiger partial charge in [0.1, 0.15) is 0 Å². The lowest BCUT2D eigenvalue weighted by Gasteiger charge is -2.55. The van der Waals surface area contributed by atoms with E-state index >= 15 is 0 Å². The van der Waals surface area contributed by atoms with Crippen molar-refractivity contribution < 1.29 is 9.47 Å². The third-order valence-electron chi connectivity index (χ3n) is 10.3. The normalized spacial score (nSPS) is 15.7. The van der Waals surface area contributed by atoms with E-state index in [4.69, 9.17) is 9.47 Å². The van der Waals surface area contributed by atoms with Gasteiger partial charge in [0, 0.05) is 24.9 Å². The molecule has 2 rings (SSSR count). The first kappa shape index (κ1) is 45.2. The molecule has 0 radical (unpaired) electrons. The van der Waals surface area contributed by atoms with E-state index < -0.39 is 11.6 Å². The van der Waals surface area contributed by atoms with Crippen LogP contribution in [0.2, 0.25) is 0 Å². The van der Waals surface area contributed by atoms with Crippen LogP contribution in [0, 0.1) is 0 Å². The molecule has 1 aromatic carbocycles. The predicted octanol–water partition coefficient (Wildman–Crippen LogP) is 15.1. The van der Waals surface area contributed by atoms with Gasteiger partial charge in [0.15, 0.2) is 11.6 Å². The van der Waals surface area contributed by atoms with E-state index in [-0.39, 0.29) is 0 Å². The van der Waals surface area contributed by atoms with Crippen molar-refractivity contribution in [2.75, 3.05) is 14.1 Å². The lowest BCUT2D eigenvalue weighted by molar-refractivity contribution is -0.518. The molecule has 0 bridgehead atoms. The lowest BCUT2D eigenvalue weighted by atomic mass is 9.93. The first-order valence-electron chi connectivity index (χ1n) is 21.7. The van der Waals surface area contributed by atoms with Crippen molar-refractivity contribution in [2.24, 2.45) is 0 Å². The number of hydrogen-bond acceptors (Lipinski definition) is 3. The van der Waals surface area contributed by atoms with Gasteiger partial charge in [0.25, 0.3) is 0 Å². The van der Waals surface area contributed by atoms with E-state index in [0.717, 1.165) is 37.8 Å². The number of ether oxygens (including phenoxy) is 2. The molecule has 0 saturated carbocycles. The Bertz CT molecular complexity index is 1010. The van der Waals surface area contributed by atoms with Crippen LogP contribution < -0.4 is 0 Å². The summed E-state index contributed by atoms with van der Waals surface area (Å²) < 4.78 is 13.6. The summed E-state index contributed by atoms with van der Waals surface area (Å²) in [7, 11) is 4.23. The lowest BCUT2D eigenvalue weighted by Crippen LogP contribution is -2.59. The van der Waals surface area contributed by atoms with Gasteiger partial charge in [0.2, 0.25) is 0 Å². The molecule has 1 fully saturated rings. The van der Waals surface area contributed by atoms with E-state index in [2.05, 4.69) is 113 Å². The molecule has 0 spiro atoms. The van der Waals surface area contributed by atoms with E-state index in [1.54, 1.807) is 0 Å². The zero-order valence-electron chi connectivity index (χ0n) is 34.3. The van der Waals surface area contributed by atoms with Crippen molar-refractivity contribution in [1.29, 1.82) is 0 Å². The number of hydrogen-bond donors (Lipinski definition) is 0. The summed E-state index contributed by atoms with van der Waals surface area (Å²) in [6.07, 6.45) is 51.4. The summed E-state index contributed by atoms with van der Waals surface area (Å²) in [5.74, 6) is -1.05. The Hall–Kier alpha value is -1.94. The topological polar surface area (TPSA) is 21.7 Å². The highest BCUT2D eigenvalue weighted by Crippen LogP contribution is 2.50. The van der Waals surface area contributed by atoms with E-state index in [9.17, 15) is 0 Å². The quantitative estimate of drug-likeness (QED) is 0.0537. The van der Waals surface area contributed by atoms with Crippen LogP contribution in [-0.4, -0.2) is 24.8 Å². The SMILES string of the molecule is CCCCC/C=C\C/C=C\CCCCCCCCC1(CCCCCCCC/C=C\C/C=C\CCCCC)OC(C)(c2ccc(CN(C)C)cc2)O1. The highest BCUT2D eigenvalue weighted by molar-refractivity contribution is 5.27. The van der Waals surface area contributed by atoms with Crippen LogP contribution in [0.25, 0.3) is 0 Å². The summed E-state index contributed by atoms with van der Waals surface area (Å²) >= 11 is 0. The fraction of sp³-hybridized carbons (Fsp3) is 0.708. The van der Waals surface area contributed by atoms with Crippen molar-refractivity contribution in [2.45, 2.75) is 206 Å². The van der Waals surface area contributed by atoms with Crippen LogP contribution in [-0.2, 0) is 21.8 Å². The molecule has 3 heteroatoms. The highest BCUT2D eigenvalue weighted by atomic mass is 16.9. The van der Waals surface area contributed by atoms with Gasteiger partial charge < -0.3 is 14.4 Å². The molecule has 0 aliphatic carbocycles.